The minimum absolute atomic E-state index is 0.0371. The Morgan fingerprint density at radius 2 is 1.69 bits per heavy atom. The second-order valence-corrected chi connectivity index (χ2v) is 7.12. The van der Waals surface area contributed by atoms with Crippen molar-refractivity contribution in [3.63, 3.8) is 0 Å². The Kier molecular flexibility index (Phi) is 9.20. The summed E-state index contributed by atoms with van der Waals surface area (Å²) >= 11 is 0. The summed E-state index contributed by atoms with van der Waals surface area (Å²) in [5.74, 6) is 0.537. The molecule has 2 rings (SSSR count). The molecule has 35 heavy (non-hydrogen) atoms. The van der Waals surface area contributed by atoms with Gasteiger partial charge in [0.2, 0.25) is 11.7 Å². The van der Waals surface area contributed by atoms with E-state index in [9.17, 15) is 18.0 Å². The summed E-state index contributed by atoms with van der Waals surface area (Å²) in [6.07, 6.45) is -4.55. The first-order valence-corrected chi connectivity index (χ1v) is 10.2. The Labute approximate surface area is 200 Å². The predicted molar refractivity (Wildman–Crippen MR) is 127 cm³/mol. The molecule has 0 aromatic heterocycles. The highest BCUT2D eigenvalue weighted by Gasteiger charge is 2.31. The van der Waals surface area contributed by atoms with Gasteiger partial charge in [0.05, 0.1) is 44.3 Å². The highest BCUT2D eigenvalue weighted by atomic mass is 19.4. The van der Waals surface area contributed by atoms with Crippen LogP contribution < -0.4 is 25.0 Å². The molecule has 188 valence electrons. The van der Waals surface area contributed by atoms with Crippen LogP contribution in [0.2, 0.25) is 0 Å². The van der Waals surface area contributed by atoms with Gasteiger partial charge in [0.1, 0.15) is 0 Å². The highest BCUT2D eigenvalue weighted by Crippen LogP contribution is 2.40. The van der Waals surface area contributed by atoms with Gasteiger partial charge < -0.3 is 19.5 Å². The molecule has 0 aliphatic rings. The van der Waals surface area contributed by atoms with E-state index in [2.05, 4.69) is 32.5 Å². The highest BCUT2D eigenvalue weighted by molar-refractivity contribution is 5.99. The summed E-state index contributed by atoms with van der Waals surface area (Å²) in [5.41, 5.74) is 2.43. The Balaban J connectivity index is 2.15. The second-order valence-electron chi connectivity index (χ2n) is 7.12. The van der Waals surface area contributed by atoms with Gasteiger partial charge in [-0.25, -0.2) is 15.4 Å². The van der Waals surface area contributed by atoms with Crippen molar-refractivity contribution >= 4 is 30.0 Å². The van der Waals surface area contributed by atoms with E-state index in [1.54, 1.807) is 26.0 Å². The van der Waals surface area contributed by atoms with E-state index in [0.717, 1.165) is 12.1 Å². The lowest BCUT2D eigenvalue weighted by Crippen LogP contribution is -2.38. The van der Waals surface area contributed by atoms with E-state index in [1.807, 2.05) is 0 Å². The van der Waals surface area contributed by atoms with Crippen molar-refractivity contribution in [3.8, 4) is 17.2 Å². The summed E-state index contributed by atoms with van der Waals surface area (Å²) < 4.78 is 54.6. The standard InChI is InChI=1S/C23H26F3N5O4/c1-13(28-21(32)15-8-7-9-16(10-15)23(24,25)26)14(2)30-31-22(27-3)29-17-11-18(33-4)20(35-6)19(12-17)34-5/h7-13H,3H2,1-2,4-6H3,(H,28,32)(H,29,31)/b30-14+. The molecule has 0 aliphatic carbocycles. The number of carbonyl (C=O) groups excluding carboxylic acids is 1. The van der Waals surface area contributed by atoms with Crippen molar-refractivity contribution in [3.05, 3.63) is 47.5 Å². The lowest BCUT2D eigenvalue weighted by molar-refractivity contribution is -0.137. The molecule has 2 aromatic rings. The predicted octanol–water partition coefficient (Wildman–Crippen LogP) is 4.20. The van der Waals surface area contributed by atoms with E-state index in [1.165, 1.54) is 33.5 Å². The number of nitrogens with zero attached hydrogens (tertiary/aromatic N) is 3. The number of hydrogen-bond acceptors (Lipinski definition) is 6. The zero-order valence-electron chi connectivity index (χ0n) is 19.9. The summed E-state index contributed by atoms with van der Waals surface area (Å²) in [4.78, 5) is 20.5. The molecular formula is C23H26F3N5O4. The van der Waals surface area contributed by atoms with Gasteiger partial charge in [0.25, 0.3) is 5.91 Å². The number of benzene rings is 2. The number of guanidine groups is 1. The average Bonchev–Trinajstić information content (AvgIpc) is 2.84. The number of hydrazone groups is 1. The van der Waals surface area contributed by atoms with Crippen LogP contribution in [0, 0.1) is 0 Å². The van der Waals surface area contributed by atoms with E-state index >= 15 is 0 Å². The van der Waals surface area contributed by atoms with Crippen LogP contribution in [0.15, 0.2) is 51.5 Å². The molecule has 0 saturated carbocycles. The number of aliphatic imine (C=N–C) groups is 2. The quantitative estimate of drug-likeness (QED) is 0.326. The zero-order chi connectivity index (χ0) is 26.2. The number of ether oxygens (including phenoxy) is 3. The fourth-order valence-electron chi connectivity index (χ4n) is 2.81. The number of rotatable bonds is 8. The third kappa shape index (κ3) is 7.19. The molecule has 0 bridgehead atoms. The minimum atomic E-state index is -4.55. The first-order chi connectivity index (χ1) is 16.5. The first-order valence-electron chi connectivity index (χ1n) is 10.2. The van der Waals surface area contributed by atoms with Gasteiger partial charge in [-0.2, -0.15) is 18.3 Å². The number of methoxy groups -OCH3 is 3. The van der Waals surface area contributed by atoms with Crippen LogP contribution in [-0.4, -0.2) is 51.7 Å². The third-order valence-corrected chi connectivity index (χ3v) is 4.79. The lowest BCUT2D eigenvalue weighted by atomic mass is 10.1. The Bertz CT molecular complexity index is 1110. The van der Waals surface area contributed by atoms with Gasteiger partial charge in [-0.15, -0.1) is 0 Å². The van der Waals surface area contributed by atoms with Crippen LogP contribution in [0.3, 0.4) is 0 Å². The molecule has 2 N–H and O–H groups in total. The Morgan fingerprint density at radius 3 is 2.20 bits per heavy atom. The van der Waals surface area contributed by atoms with Gasteiger partial charge in [0.15, 0.2) is 11.5 Å². The number of hydrogen-bond donors (Lipinski definition) is 2. The molecule has 0 aliphatic heterocycles. The Hall–Kier alpha value is -4.09. The van der Waals surface area contributed by atoms with Gasteiger partial charge in [0, 0.05) is 17.7 Å². The second kappa shape index (κ2) is 11.9. The van der Waals surface area contributed by atoms with E-state index < -0.39 is 23.7 Å². The van der Waals surface area contributed by atoms with E-state index in [-0.39, 0.29) is 11.5 Å². The van der Waals surface area contributed by atoms with Crippen molar-refractivity contribution in [1.82, 2.24) is 10.7 Å². The van der Waals surface area contributed by atoms with Crippen LogP contribution in [-0.2, 0) is 6.18 Å². The number of alkyl halides is 3. The van der Waals surface area contributed by atoms with Crippen LogP contribution in [0.5, 0.6) is 17.2 Å². The summed E-state index contributed by atoms with van der Waals surface area (Å²) in [5, 5.41) is 6.73. The van der Waals surface area contributed by atoms with Gasteiger partial charge in [-0.05, 0) is 38.8 Å². The third-order valence-electron chi connectivity index (χ3n) is 4.79. The van der Waals surface area contributed by atoms with Crippen LogP contribution >= 0.6 is 0 Å². The van der Waals surface area contributed by atoms with Crippen molar-refractivity contribution in [1.29, 1.82) is 0 Å². The van der Waals surface area contributed by atoms with E-state index in [4.69, 9.17) is 14.2 Å². The lowest BCUT2D eigenvalue weighted by Gasteiger charge is -2.15. The van der Waals surface area contributed by atoms with Gasteiger partial charge in [-0.3, -0.25) is 4.79 Å². The maximum absolute atomic E-state index is 12.9. The molecule has 0 spiro atoms. The molecule has 0 fully saturated rings. The number of amides is 1. The molecule has 0 heterocycles. The summed E-state index contributed by atoms with van der Waals surface area (Å²) in [6.45, 7) is 6.70. The van der Waals surface area contributed by atoms with Gasteiger partial charge in [-0.1, -0.05) is 6.07 Å². The van der Waals surface area contributed by atoms with Crippen LogP contribution in [0.25, 0.3) is 0 Å². The maximum Gasteiger partial charge on any atom is 0.416 e. The smallest absolute Gasteiger partial charge is 0.416 e. The SMILES string of the molecule is C=NC(=Nc1cc(OC)c(OC)c(OC)c1)N/N=C(\C)C(C)NC(=O)c1cccc(C(F)(F)F)c1. The molecule has 1 amide bonds. The fourth-order valence-corrected chi connectivity index (χ4v) is 2.81. The largest absolute Gasteiger partial charge is 0.493 e. The van der Waals surface area contributed by atoms with Crippen molar-refractivity contribution in [2.24, 2.45) is 15.1 Å². The van der Waals surface area contributed by atoms with Crippen molar-refractivity contribution in [2.45, 2.75) is 26.1 Å². The van der Waals surface area contributed by atoms with Crippen molar-refractivity contribution in [2.75, 3.05) is 21.3 Å². The molecule has 0 saturated heterocycles. The normalized spacial score (nSPS) is 13.0. The molecule has 2 aromatic carbocycles. The topological polar surface area (TPSA) is 106 Å². The first kappa shape index (κ1) is 27.2. The molecule has 1 unspecified atom stereocenters. The average molecular weight is 493 g/mol. The molecule has 12 heteroatoms. The van der Waals surface area contributed by atoms with Gasteiger partial charge >= 0.3 is 6.18 Å². The molecule has 1 atom stereocenters. The fraction of sp³-hybridized carbons (Fsp3) is 0.304. The molecule has 0 radical (unpaired) electrons. The molecular weight excluding hydrogens is 467 g/mol. The minimum Gasteiger partial charge on any atom is -0.493 e. The van der Waals surface area contributed by atoms with Crippen molar-refractivity contribution < 1.29 is 32.2 Å². The summed E-state index contributed by atoms with van der Waals surface area (Å²) in [6, 6.07) is 6.74. The number of halogens is 3. The zero-order valence-corrected chi connectivity index (χ0v) is 19.9. The monoisotopic (exact) mass is 493 g/mol. The number of nitrogens with one attached hydrogen (secondary N) is 2. The number of carbonyl (C=O) groups is 1. The Morgan fingerprint density at radius 1 is 1.06 bits per heavy atom. The molecule has 9 nitrogen and oxygen atoms in total. The van der Waals surface area contributed by atoms with Crippen LogP contribution in [0.1, 0.15) is 29.8 Å². The maximum atomic E-state index is 12.9. The summed E-state index contributed by atoms with van der Waals surface area (Å²) in [7, 11) is 4.42. The van der Waals surface area contributed by atoms with E-state index in [0.29, 0.717) is 28.6 Å². The van der Waals surface area contributed by atoms with Crippen LogP contribution in [0.4, 0.5) is 18.9 Å².